The summed E-state index contributed by atoms with van der Waals surface area (Å²) in [4.78, 5) is 15.9. The van der Waals surface area contributed by atoms with Gasteiger partial charge >= 0.3 is 0 Å². The van der Waals surface area contributed by atoms with E-state index in [0.29, 0.717) is 39.2 Å². The number of methoxy groups -OCH3 is 1. The molecular weight excluding hydrogens is 330 g/mol. The molecule has 0 fully saturated rings. The Morgan fingerprint density at radius 3 is 2.62 bits per heavy atom. The molecular formula is C17H14ClN3O3. The number of hydrogen-bond donors (Lipinski definition) is 2. The predicted octanol–water partition coefficient (Wildman–Crippen LogP) is 3.37. The highest BCUT2D eigenvalue weighted by Gasteiger charge is 2.12. The van der Waals surface area contributed by atoms with Gasteiger partial charge in [-0.25, -0.2) is 4.98 Å². The smallest absolute Gasteiger partial charge is 0.252 e. The molecule has 2 aromatic carbocycles. The molecule has 1 amide bonds. The van der Waals surface area contributed by atoms with Gasteiger partial charge in [0.15, 0.2) is 0 Å². The maximum absolute atomic E-state index is 11.5. The lowest BCUT2D eigenvalue weighted by Crippen LogP contribution is -2.12. The van der Waals surface area contributed by atoms with Crippen LogP contribution in [0.1, 0.15) is 10.4 Å². The van der Waals surface area contributed by atoms with Crippen LogP contribution in [0.3, 0.4) is 0 Å². The molecule has 3 rings (SSSR count). The molecule has 1 aromatic heterocycles. The van der Waals surface area contributed by atoms with Crippen LogP contribution in [0.15, 0.2) is 42.5 Å². The molecule has 6 nitrogen and oxygen atoms in total. The summed E-state index contributed by atoms with van der Waals surface area (Å²) in [6, 6.07) is 11.7. The largest absolute Gasteiger partial charge is 0.496 e. The first-order valence-electron chi connectivity index (χ1n) is 6.99. The summed E-state index contributed by atoms with van der Waals surface area (Å²) in [6.07, 6.45) is 0. The highest BCUT2D eigenvalue weighted by Crippen LogP contribution is 2.30. The third-order valence-electron chi connectivity index (χ3n) is 3.44. The second-order valence-electron chi connectivity index (χ2n) is 5.04. The number of fused-ring (bicyclic) bond motifs is 1. The van der Waals surface area contributed by atoms with E-state index in [1.165, 1.54) is 7.11 Å². The molecule has 4 N–H and O–H groups in total. The van der Waals surface area contributed by atoms with E-state index >= 15 is 0 Å². The SMILES string of the molecule is COc1cc2nc(Oc3ccc(N)c(Cl)c3)ccc2cc1C(N)=O. The Morgan fingerprint density at radius 2 is 1.96 bits per heavy atom. The zero-order valence-electron chi connectivity index (χ0n) is 12.7. The lowest BCUT2D eigenvalue weighted by Gasteiger charge is -2.10. The first-order chi connectivity index (χ1) is 11.5. The molecule has 0 radical (unpaired) electrons. The summed E-state index contributed by atoms with van der Waals surface area (Å²) in [5.74, 6) is 0.680. The van der Waals surface area contributed by atoms with Crippen LogP contribution in [0.5, 0.6) is 17.4 Å². The summed E-state index contributed by atoms with van der Waals surface area (Å²) in [5, 5.41) is 1.15. The summed E-state index contributed by atoms with van der Waals surface area (Å²) >= 11 is 5.98. The number of anilines is 1. The highest BCUT2D eigenvalue weighted by molar-refractivity contribution is 6.33. The van der Waals surface area contributed by atoms with Crippen molar-refractivity contribution < 1.29 is 14.3 Å². The summed E-state index contributed by atoms with van der Waals surface area (Å²) in [7, 11) is 1.46. The second kappa shape index (κ2) is 6.25. The van der Waals surface area contributed by atoms with Crippen molar-refractivity contribution >= 4 is 34.1 Å². The molecule has 0 saturated heterocycles. The van der Waals surface area contributed by atoms with E-state index in [0.717, 1.165) is 5.39 Å². The van der Waals surface area contributed by atoms with Crippen molar-refractivity contribution in [2.24, 2.45) is 5.73 Å². The van der Waals surface area contributed by atoms with Gasteiger partial charge in [-0.15, -0.1) is 0 Å². The molecule has 7 heteroatoms. The topological polar surface area (TPSA) is 100 Å². The van der Waals surface area contributed by atoms with Gasteiger partial charge in [-0.2, -0.15) is 0 Å². The molecule has 24 heavy (non-hydrogen) atoms. The van der Waals surface area contributed by atoms with Crippen molar-refractivity contribution in [3.05, 3.63) is 53.1 Å². The highest BCUT2D eigenvalue weighted by atomic mass is 35.5. The number of hydrogen-bond acceptors (Lipinski definition) is 5. The maximum atomic E-state index is 11.5. The lowest BCUT2D eigenvalue weighted by atomic mass is 10.1. The number of pyridine rings is 1. The van der Waals surface area contributed by atoms with E-state index in [1.54, 1.807) is 42.5 Å². The Labute approximate surface area is 142 Å². The molecule has 0 aliphatic carbocycles. The number of nitrogen functional groups attached to an aromatic ring is 1. The maximum Gasteiger partial charge on any atom is 0.252 e. The minimum absolute atomic E-state index is 0.297. The van der Waals surface area contributed by atoms with Gasteiger partial charge in [0.1, 0.15) is 11.5 Å². The van der Waals surface area contributed by atoms with Crippen LogP contribution in [0, 0.1) is 0 Å². The van der Waals surface area contributed by atoms with Gasteiger partial charge in [0.25, 0.3) is 5.91 Å². The third kappa shape index (κ3) is 3.04. The van der Waals surface area contributed by atoms with Crippen molar-refractivity contribution in [1.29, 1.82) is 0 Å². The minimum atomic E-state index is -0.564. The number of carbonyl (C=O) groups excluding carboxylic acids is 1. The van der Waals surface area contributed by atoms with Crippen molar-refractivity contribution in [1.82, 2.24) is 4.98 Å². The Hall–Kier alpha value is -2.99. The van der Waals surface area contributed by atoms with Crippen molar-refractivity contribution in [2.75, 3.05) is 12.8 Å². The van der Waals surface area contributed by atoms with E-state index in [9.17, 15) is 4.79 Å². The third-order valence-corrected chi connectivity index (χ3v) is 3.77. The van der Waals surface area contributed by atoms with Crippen molar-refractivity contribution in [2.45, 2.75) is 0 Å². The summed E-state index contributed by atoms with van der Waals surface area (Å²) in [6.45, 7) is 0. The number of aromatic nitrogens is 1. The summed E-state index contributed by atoms with van der Waals surface area (Å²) < 4.78 is 10.9. The zero-order valence-corrected chi connectivity index (χ0v) is 13.5. The lowest BCUT2D eigenvalue weighted by molar-refractivity contribution is 0.0997. The molecule has 122 valence electrons. The van der Waals surface area contributed by atoms with Gasteiger partial charge in [0.05, 0.1) is 28.9 Å². The molecule has 0 atom stereocenters. The first kappa shape index (κ1) is 15.9. The molecule has 1 heterocycles. The standard InChI is InChI=1S/C17H14ClN3O3/c1-23-15-8-14-9(6-11(15)17(20)22)2-5-16(21-14)24-10-3-4-13(19)12(18)7-10/h2-8H,19H2,1H3,(H2,20,22). The molecule has 0 saturated carbocycles. The molecule has 0 spiro atoms. The van der Waals surface area contributed by atoms with Crippen molar-refractivity contribution in [3.8, 4) is 17.4 Å². The first-order valence-corrected chi connectivity index (χ1v) is 7.37. The Bertz CT molecular complexity index is 944. The van der Waals surface area contributed by atoms with Crippen LogP contribution >= 0.6 is 11.6 Å². The average Bonchev–Trinajstić information content (AvgIpc) is 2.56. The van der Waals surface area contributed by atoms with Crippen LogP contribution in [0.2, 0.25) is 5.02 Å². The van der Waals surface area contributed by atoms with Crippen LogP contribution < -0.4 is 20.9 Å². The average molecular weight is 344 g/mol. The Kier molecular flexibility index (Phi) is 4.14. The van der Waals surface area contributed by atoms with E-state index in [2.05, 4.69) is 4.98 Å². The minimum Gasteiger partial charge on any atom is -0.496 e. The normalized spacial score (nSPS) is 10.6. The molecule has 0 aliphatic heterocycles. The van der Waals surface area contributed by atoms with Crippen LogP contribution in [-0.2, 0) is 0 Å². The number of nitrogens with zero attached hydrogens (tertiary/aromatic N) is 1. The number of amides is 1. The van der Waals surface area contributed by atoms with Crippen LogP contribution in [0.25, 0.3) is 10.9 Å². The Morgan fingerprint density at radius 1 is 1.17 bits per heavy atom. The van der Waals surface area contributed by atoms with Crippen LogP contribution in [0.4, 0.5) is 5.69 Å². The van der Waals surface area contributed by atoms with Gasteiger partial charge in [0, 0.05) is 23.6 Å². The number of ether oxygens (including phenoxy) is 2. The predicted molar refractivity (Wildman–Crippen MR) is 92.8 cm³/mol. The fourth-order valence-electron chi connectivity index (χ4n) is 2.24. The Balaban J connectivity index is 2.00. The fraction of sp³-hybridized carbons (Fsp3) is 0.0588. The molecule has 3 aromatic rings. The van der Waals surface area contributed by atoms with Crippen LogP contribution in [-0.4, -0.2) is 18.0 Å². The van der Waals surface area contributed by atoms with Gasteiger partial charge in [-0.1, -0.05) is 11.6 Å². The fourth-order valence-corrected chi connectivity index (χ4v) is 2.41. The molecule has 0 unspecified atom stereocenters. The van der Waals surface area contributed by atoms with E-state index in [-0.39, 0.29) is 0 Å². The molecule has 0 bridgehead atoms. The van der Waals surface area contributed by atoms with E-state index in [4.69, 9.17) is 32.5 Å². The number of benzene rings is 2. The monoisotopic (exact) mass is 343 g/mol. The van der Waals surface area contributed by atoms with Gasteiger partial charge in [-0.05, 0) is 24.3 Å². The zero-order chi connectivity index (χ0) is 17.3. The van der Waals surface area contributed by atoms with Crippen molar-refractivity contribution in [3.63, 3.8) is 0 Å². The number of carbonyl (C=O) groups is 1. The van der Waals surface area contributed by atoms with E-state index in [1.807, 2.05) is 0 Å². The number of primary amides is 1. The second-order valence-corrected chi connectivity index (χ2v) is 5.45. The number of halogens is 1. The van der Waals surface area contributed by atoms with E-state index < -0.39 is 5.91 Å². The number of rotatable bonds is 4. The quantitative estimate of drug-likeness (QED) is 0.707. The molecule has 0 aliphatic rings. The van der Waals surface area contributed by atoms with Gasteiger partial charge in [0.2, 0.25) is 5.88 Å². The number of nitrogens with two attached hydrogens (primary N) is 2. The van der Waals surface area contributed by atoms with Gasteiger partial charge < -0.3 is 20.9 Å². The van der Waals surface area contributed by atoms with Gasteiger partial charge in [-0.3, -0.25) is 4.79 Å². The summed E-state index contributed by atoms with van der Waals surface area (Å²) in [5.41, 5.74) is 12.4.